The minimum atomic E-state index is -2.49. The van der Waals surface area contributed by atoms with E-state index in [0.717, 1.165) is 29.8 Å². The van der Waals surface area contributed by atoms with Gasteiger partial charge < -0.3 is 4.90 Å². The van der Waals surface area contributed by atoms with Crippen LogP contribution in [0, 0.1) is 0 Å². The molecule has 2 aromatic rings. The zero-order chi connectivity index (χ0) is 17.1. The molecule has 1 aromatic heterocycles. The summed E-state index contributed by atoms with van der Waals surface area (Å²) in [4.78, 5) is 2.06. The molecule has 2 heterocycles. The second kappa shape index (κ2) is 7.11. The Morgan fingerprint density at radius 3 is 2.48 bits per heavy atom. The number of nitrogens with zero attached hydrogens (tertiary/aromatic N) is 3. The van der Waals surface area contributed by atoms with Crippen molar-refractivity contribution < 1.29 is 8.78 Å². The zero-order valence-electron chi connectivity index (χ0n) is 14.5. The van der Waals surface area contributed by atoms with E-state index in [0.29, 0.717) is 11.5 Å². The van der Waals surface area contributed by atoms with Crippen molar-refractivity contribution in [3.63, 3.8) is 0 Å². The van der Waals surface area contributed by atoms with Crippen molar-refractivity contribution in [3.05, 3.63) is 35.7 Å². The van der Waals surface area contributed by atoms with Crippen molar-refractivity contribution in [2.24, 2.45) is 7.05 Å². The highest BCUT2D eigenvalue weighted by atomic mass is 19.3. The topological polar surface area (TPSA) is 21.1 Å². The molecule has 5 heteroatoms. The monoisotopic (exact) mass is 321 g/mol. The number of benzene rings is 1. The van der Waals surface area contributed by atoms with Gasteiger partial charge in [0.25, 0.3) is 6.43 Å². The first kappa shape index (κ1) is 17.4. The van der Waals surface area contributed by atoms with Crippen molar-refractivity contribution >= 4 is 5.69 Å². The van der Waals surface area contributed by atoms with Crippen molar-refractivity contribution in [3.8, 4) is 11.1 Å². The molecule has 0 spiro atoms. The minimum Gasteiger partial charge on any atom is -0.374 e. The lowest BCUT2D eigenvalue weighted by atomic mass is 9.87. The molecule has 3 nitrogen and oxygen atoms in total. The Hall–Kier alpha value is -1.91. The van der Waals surface area contributed by atoms with E-state index in [9.17, 15) is 8.78 Å². The molecule has 1 atom stereocenters. The number of aromatic nitrogens is 2. The summed E-state index contributed by atoms with van der Waals surface area (Å²) in [5.74, 6) is 0.387. The van der Waals surface area contributed by atoms with Gasteiger partial charge in [-0.05, 0) is 35.6 Å². The van der Waals surface area contributed by atoms with E-state index in [4.69, 9.17) is 0 Å². The largest absolute Gasteiger partial charge is 0.374 e. The van der Waals surface area contributed by atoms with Crippen LogP contribution in [0.2, 0.25) is 0 Å². The lowest BCUT2D eigenvalue weighted by molar-refractivity contribution is 0.152. The third-order valence-corrected chi connectivity index (χ3v) is 4.29. The van der Waals surface area contributed by atoms with Gasteiger partial charge in [-0.3, -0.25) is 4.68 Å². The van der Waals surface area contributed by atoms with Crippen LogP contribution >= 0.6 is 0 Å². The summed E-state index contributed by atoms with van der Waals surface area (Å²) in [6, 6.07) is 3.58. The summed E-state index contributed by atoms with van der Waals surface area (Å²) < 4.78 is 28.6. The molecule has 0 unspecified atom stereocenters. The van der Waals surface area contributed by atoms with Crippen LogP contribution in [-0.4, -0.2) is 23.4 Å². The van der Waals surface area contributed by atoms with E-state index in [-0.39, 0.29) is 5.56 Å². The van der Waals surface area contributed by atoms with Gasteiger partial charge in [0.1, 0.15) is 0 Å². The summed E-state index contributed by atoms with van der Waals surface area (Å²) in [6.07, 6.45) is 1.98. The summed E-state index contributed by atoms with van der Waals surface area (Å²) >= 11 is 0. The van der Waals surface area contributed by atoms with Crippen molar-refractivity contribution in [2.45, 2.75) is 39.5 Å². The molecule has 1 aromatic carbocycles. The highest BCUT2D eigenvalue weighted by Crippen LogP contribution is 2.41. The number of halogens is 2. The number of rotatable bonds is 2. The molecule has 1 aliphatic rings. The van der Waals surface area contributed by atoms with E-state index in [2.05, 4.69) is 16.9 Å². The van der Waals surface area contributed by atoms with Crippen molar-refractivity contribution in [2.75, 3.05) is 18.5 Å². The van der Waals surface area contributed by atoms with Gasteiger partial charge in [0.15, 0.2) is 0 Å². The van der Waals surface area contributed by atoms with Crippen LogP contribution in [0.5, 0.6) is 0 Å². The van der Waals surface area contributed by atoms with Gasteiger partial charge in [0, 0.05) is 43.7 Å². The summed E-state index contributed by atoms with van der Waals surface area (Å²) in [5, 5.41) is 4.10. The first-order chi connectivity index (χ1) is 11.0. The van der Waals surface area contributed by atoms with E-state index in [1.54, 1.807) is 30.2 Å². The average Bonchev–Trinajstić information content (AvgIpc) is 2.98. The van der Waals surface area contributed by atoms with E-state index < -0.39 is 6.43 Å². The number of anilines is 1. The standard InChI is InChI=1S/C16H19F2N3.C2H6/c1-10-4-5-20(2)15-7-14(16(17)18)13(6-12(10)15)11-8-19-21(3)9-11;1-2/h6-10,16H,4-5H2,1-3H3;1-2H3/t10-;/m0./s1. The highest BCUT2D eigenvalue weighted by Gasteiger charge is 2.25. The van der Waals surface area contributed by atoms with Crippen LogP contribution in [0.25, 0.3) is 11.1 Å². The molecule has 0 amide bonds. The van der Waals surface area contributed by atoms with Gasteiger partial charge in [0.2, 0.25) is 0 Å². The van der Waals surface area contributed by atoms with Gasteiger partial charge in [-0.2, -0.15) is 5.10 Å². The predicted octanol–water partition coefficient (Wildman–Crippen LogP) is 4.99. The van der Waals surface area contributed by atoms with Crippen LogP contribution in [0.15, 0.2) is 24.5 Å². The molecule has 1 aliphatic heterocycles. The number of hydrogen-bond acceptors (Lipinski definition) is 2. The number of hydrogen-bond donors (Lipinski definition) is 0. The third-order valence-electron chi connectivity index (χ3n) is 4.29. The maximum absolute atomic E-state index is 13.5. The highest BCUT2D eigenvalue weighted by molar-refractivity contribution is 5.73. The van der Waals surface area contributed by atoms with Gasteiger partial charge >= 0.3 is 0 Å². The fraction of sp³-hybridized carbons (Fsp3) is 0.500. The number of alkyl halides is 2. The molecule has 0 saturated heterocycles. The molecule has 0 fully saturated rings. The summed E-state index contributed by atoms with van der Waals surface area (Å²) in [5.41, 5.74) is 3.50. The Morgan fingerprint density at radius 2 is 1.91 bits per heavy atom. The van der Waals surface area contributed by atoms with Crippen molar-refractivity contribution in [1.82, 2.24) is 9.78 Å². The molecule has 0 aliphatic carbocycles. The summed E-state index contributed by atoms with van der Waals surface area (Å²) in [7, 11) is 3.75. The zero-order valence-corrected chi connectivity index (χ0v) is 14.5. The molecule has 0 N–H and O–H groups in total. The number of fused-ring (bicyclic) bond motifs is 1. The second-order valence-electron chi connectivity index (χ2n) is 5.81. The quantitative estimate of drug-likeness (QED) is 0.776. The molecule has 0 bridgehead atoms. The van der Waals surface area contributed by atoms with Crippen molar-refractivity contribution in [1.29, 1.82) is 0 Å². The molecular formula is C18H25F2N3. The third kappa shape index (κ3) is 3.38. The predicted molar refractivity (Wildman–Crippen MR) is 91.3 cm³/mol. The SMILES string of the molecule is CC.C[C@H]1CCN(C)c2cc(C(F)F)c(-c3cnn(C)c3)cc21. The van der Waals surface area contributed by atoms with E-state index in [1.165, 1.54) is 0 Å². The minimum absolute atomic E-state index is 0.0858. The lowest BCUT2D eigenvalue weighted by Gasteiger charge is -2.32. The molecule has 0 radical (unpaired) electrons. The van der Waals surface area contributed by atoms with Crippen LogP contribution in [0.3, 0.4) is 0 Å². The second-order valence-corrected chi connectivity index (χ2v) is 5.81. The molecular weight excluding hydrogens is 296 g/mol. The normalized spacial score (nSPS) is 16.9. The Kier molecular flexibility index (Phi) is 5.39. The maximum atomic E-state index is 13.5. The first-order valence-corrected chi connectivity index (χ1v) is 8.13. The smallest absolute Gasteiger partial charge is 0.264 e. The van der Waals surface area contributed by atoms with Crippen LogP contribution < -0.4 is 4.90 Å². The molecule has 0 saturated carbocycles. The lowest BCUT2D eigenvalue weighted by Crippen LogP contribution is -2.26. The fourth-order valence-corrected chi connectivity index (χ4v) is 3.00. The average molecular weight is 321 g/mol. The number of aryl methyl sites for hydroxylation is 1. The summed E-state index contributed by atoms with van der Waals surface area (Å²) in [6.45, 7) is 7.06. The van der Waals surface area contributed by atoms with Gasteiger partial charge in [0.05, 0.1) is 6.20 Å². The van der Waals surface area contributed by atoms with Gasteiger partial charge in [-0.15, -0.1) is 0 Å². The maximum Gasteiger partial charge on any atom is 0.264 e. The first-order valence-electron chi connectivity index (χ1n) is 8.13. The Bertz CT molecular complexity index is 664. The molecule has 23 heavy (non-hydrogen) atoms. The van der Waals surface area contributed by atoms with Crippen LogP contribution in [0.1, 0.15) is 50.7 Å². The van der Waals surface area contributed by atoms with Gasteiger partial charge in [-0.25, -0.2) is 8.78 Å². The fourth-order valence-electron chi connectivity index (χ4n) is 3.00. The Balaban J connectivity index is 0.000000924. The van der Waals surface area contributed by atoms with Crippen LogP contribution in [0.4, 0.5) is 14.5 Å². The van der Waals surface area contributed by atoms with Crippen LogP contribution in [-0.2, 0) is 7.05 Å². The molecule has 3 rings (SSSR count). The Labute approximate surface area is 136 Å². The molecule has 126 valence electrons. The van der Waals surface area contributed by atoms with Gasteiger partial charge in [-0.1, -0.05) is 20.8 Å². The van der Waals surface area contributed by atoms with E-state index >= 15 is 0 Å². The Morgan fingerprint density at radius 1 is 1.22 bits per heavy atom. The van der Waals surface area contributed by atoms with E-state index in [1.807, 2.05) is 27.0 Å².